The summed E-state index contributed by atoms with van der Waals surface area (Å²) in [4.78, 5) is 21.2. The van der Waals surface area contributed by atoms with Crippen molar-refractivity contribution in [3.63, 3.8) is 0 Å². The van der Waals surface area contributed by atoms with Crippen LogP contribution in [0.2, 0.25) is 0 Å². The number of carbonyl (C=O) groups excluding carboxylic acids is 1. The summed E-state index contributed by atoms with van der Waals surface area (Å²) in [5, 5.41) is 6.35. The van der Waals surface area contributed by atoms with Gasteiger partial charge >= 0.3 is 0 Å². The van der Waals surface area contributed by atoms with Crippen molar-refractivity contribution < 1.29 is 9.53 Å². The van der Waals surface area contributed by atoms with Gasteiger partial charge in [-0.1, -0.05) is 51.1 Å². The fourth-order valence-electron chi connectivity index (χ4n) is 3.89. The summed E-state index contributed by atoms with van der Waals surface area (Å²) in [5.74, 6) is 0.930. The highest BCUT2D eigenvalue weighted by Gasteiger charge is 2.41. The minimum absolute atomic E-state index is 0.0615. The Balaban J connectivity index is 1.51. The highest BCUT2D eigenvalue weighted by molar-refractivity contribution is 5.82. The van der Waals surface area contributed by atoms with E-state index in [1.54, 1.807) is 7.05 Å². The predicted octanol–water partition coefficient (Wildman–Crippen LogP) is 1.31. The number of nitrogens with zero attached hydrogens (tertiary/aromatic N) is 3. The first-order valence-electron chi connectivity index (χ1n) is 10.5. The maximum absolute atomic E-state index is 12.0. The highest BCUT2D eigenvalue weighted by Crippen LogP contribution is 2.24. The molecule has 0 spiro atoms. The third-order valence-corrected chi connectivity index (χ3v) is 5.53. The van der Waals surface area contributed by atoms with Crippen LogP contribution in [0.4, 0.5) is 0 Å². The topological polar surface area (TPSA) is 69.2 Å². The molecule has 0 saturated carbocycles. The standard InChI is InChI=1S/C22H35N5O2/c1-22(2,3)20(28)24-10-11-25-21(23-4)27-15-18-19(16-27)29-13-12-26(18)14-17-8-6-5-7-9-17/h5-9,18-19H,10-16H2,1-4H3,(H,23,25)(H,24,28). The van der Waals surface area contributed by atoms with E-state index in [0.717, 1.165) is 38.7 Å². The molecule has 2 N–H and O–H groups in total. The van der Waals surface area contributed by atoms with E-state index in [1.165, 1.54) is 5.56 Å². The van der Waals surface area contributed by atoms with Gasteiger partial charge in [0.25, 0.3) is 0 Å². The summed E-state index contributed by atoms with van der Waals surface area (Å²) >= 11 is 0. The Labute approximate surface area is 174 Å². The van der Waals surface area contributed by atoms with E-state index in [4.69, 9.17) is 4.74 Å². The summed E-state index contributed by atoms with van der Waals surface area (Å²) in [6.07, 6.45) is 0.201. The molecule has 29 heavy (non-hydrogen) atoms. The Morgan fingerprint density at radius 2 is 1.90 bits per heavy atom. The number of hydrogen-bond acceptors (Lipinski definition) is 4. The number of carbonyl (C=O) groups is 1. The molecule has 0 aromatic heterocycles. The zero-order chi connectivity index (χ0) is 20.9. The molecular formula is C22H35N5O2. The Kier molecular flexibility index (Phi) is 7.14. The van der Waals surface area contributed by atoms with Crippen molar-refractivity contribution in [2.24, 2.45) is 10.4 Å². The first kappa shape index (κ1) is 21.6. The lowest BCUT2D eigenvalue weighted by atomic mass is 9.96. The Morgan fingerprint density at radius 3 is 2.59 bits per heavy atom. The number of amides is 1. The average Bonchev–Trinajstić information content (AvgIpc) is 3.13. The number of hydrogen-bond donors (Lipinski definition) is 2. The molecule has 0 bridgehead atoms. The van der Waals surface area contributed by atoms with Crippen molar-refractivity contribution in [3.05, 3.63) is 35.9 Å². The van der Waals surface area contributed by atoms with Crippen LogP contribution in [0, 0.1) is 5.41 Å². The van der Waals surface area contributed by atoms with E-state index in [1.807, 2.05) is 20.8 Å². The summed E-state index contributed by atoms with van der Waals surface area (Å²) in [6.45, 7) is 11.4. The minimum Gasteiger partial charge on any atom is -0.373 e. The summed E-state index contributed by atoms with van der Waals surface area (Å²) in [6, 6.07) is 11.0. The van der Waals surface area contributed by atoms with Gasteiger partial charge in [0, 0.05) is 51.7 Å². The van der Waals surface area contributed by atoms with Crippen molar-refractivity contribution in [1.82, 2.24) is 20.4 Å². The molecule has 7 nitrogen and oxygen atoms in total. The van der Waals surface area contributed by atoms with Crippen molar-refractivity contribution in [2.45, 2.75) is 39.5 Å². The minimum atomic E-state index is -0.369. The summed E-state index contributed by atoms with van der Waals surface area (Å²) < 4.78 is 6.07. The molecule has 1 aromatic rings. The molecule has 1 aromatic carbocycles. The Hall–Kier alpha value is -2.12. The van der Waals surface area contributed by atoms with Crippen LogP contribution in [0.1, 0.15) is 26.3 Å². The smallest absolute Gasteiger partial charge is 0.225 e. The molecule has 2 saturated heterocycles. The van der Waals surface area contributed by atoms with Gasteiger partial charge < -0.3 is 20.3 Å². The summed E-state index contributed by atoms with van der Waals surface area (Å²) in [7, 11) is 1.81. The third-order valence-electron chi connectivity index (χ3n) is 5.53. The molecule has 0 aliphatic carbocycles. The van der Waals surface area contributed by atoms with E-state index >= 15 is 0 Å². The van der Waals surface area contributed by atoms with Crippen LogP contribution in [-0.4, -0.2) is 80.2 Å². The normalized spacial score (nSPS) is 23.0. The first-order valence-corrected chi connectivity index (χ1v) is 10.5. The molecule has 2 unspecified atom stereocenters. The zero-order valence-corrected chi connectivity index (χ0v) is 18.1. The number of fused-ring (bicyclic) bond motifs is 1. The first-order chi connectivity index (χ1) is 13.9. The van der Waals surface area contributed by atoms with E-state index in [9.17, 15) is 4.79 Å². The van der Waals surface area contributed by atoms with Gasteiger partial charge in [-0.2, -0.15) is 0 Å². The van der Waals surface area contributed by atoms with Crippen LogP contribution in [0.15, 0.2) is 35.3 Å². The van der Waals surface area contributed by atoms with Gasteiger partial charge in [-0.25, -0.2) is 0 Å². The molecule has 2 atom stereocenters. The van der Waals surface area contributed by atoms with E-state index in [2.05, 4.69) is 55.8 Å². The molecule has 7 heteroatoms. The fourth-order valence-corrected chi connectivity index (χ4v) is 3.89. The predicted molar refractivity (Wildman–Crippen MR) is 116 cm³/mol. The summed E-state index contributed by atoms with van der Waals surface area (Å²) in [5.41, 5.74) is 0.968. The van der Waals surface area contributed by atoms with Crippen LogP contribution < -0.4 is 10.6 Å². The number of rotatable bonds is 5. The molecular weight excluding hydrogens is 366 g/mol. The van der Waals surface area contributed by atoms with Gasteiger partial charge in [-0.05, 0) is 5.56 Å². The van der Waals surface area contributed by atoms with Crippen molar-refractivity contribution in [3.8, 4) is 0 Å². The molecule has 2 fully saturated rings. The molecule has 2 aliphatic heterocycles. The number of likely N-dealkylation sites (tertiary alicyclic amines) is 1. The average molecular weight is 402 g/mol. The molecule has 2 aliphatic rings. The second-order valence-electron chi connectivity index (χ2n) is 8.82. The lowest BCUT2D eigenvalue weighted by molar-refractivity contribution is -0.128. The lowest BCUT2D eigenvalue weighted by Crippen LogP contribution is -2.50. The molecule has 1 amide bonds. The second kappa shape index (κ2) is 9.59. The molecule has 3 rings (SSSR count). The van der Waals surface area contributed by atoms with Crippen LogP contribution in [-0.2, 0) is 16.1 Å². The number of aliphatic imine (C=N–C) groups is 1. The van der Waals surface area contributed by atoms with Gasteiger partial charge in [-0.15, -0.1) is 0 Å². The van der Waals surface area contributed by atoms with Crippen LogP contribution in [0.3, 0.4) is 0 Å². The van der Waals surface area contributed by atoms with Gasteiger partial charge in [0.1, 0.15) is 0 Å². The number of guanidine groups is 1. The van der Waals surface area contributed by atoms with E-state index in [0.29, 0.717) is 19.1 Å². The second-order valence-corrected chi connectivity index (χ2v) is 8.82. The third kappa shape index (κ3) is 5.70. The van der Waals surface area contributed by atoms with Gasteiger partial charge in [0.05, 0.1) is 18.8 Å². The van der Waals surface area contributed by atoms with E-state index in [-0.39, 0.29) is 17.4 Å². The lowest BCUT2D eigenvalue weighted by Gasteiger charge is -2.36. The largest absolute Gasteiger partial charge is 0.373 e. The molecule has 160 valence electrons. The molecule has 2 heterocycles. The number of morpholine rings is 1. The van der Waals surface area contributed by atoms with Crippen molar-refractivity contribution in [2.75, 3.05) is 46.4 Å². The van der Waals surface area contributed by atoms with Gasteiger partial charge in [0.2, 0.25) is 5.91 Å². The van der Waals surface area contributed by atoms with Crippen LogP contribution in [0.5, 0.6) is 0 Å². The SMILES string of the molecule is CN=C(NCCNC(=O)C(C)(C)C)N1CC2OCCN(Cc3ccccc3)C2C1. The maximum atomic E-state index is 12.0. The van der Waals surface area contributed by atoms with Crippen molar-refractivity contribution >= 4 is 11.9 Å². The number of nitrogens with one attached hydrogen (secondary N) is 2. The highest BCUT2D eigenvalue weighted by atomic mass is 16.5. The Morgan fingerprint density at radius 1 is 1.17 bits per heavy atom. The van der Waals surface area contributed by atoms with E-state index < -0.39 is 0 Å². The number of benzene rings is 1. The quantitative estimate of drug-likeness (QED) is 0.442. The maximum Gasteiger partial charge on any atom is 0.225 e. The van der Waals surface area contributed by atoms with Crippen molar-refractivity contribution in [1.29, 1.82) is 0 Å². The zero-order valence-electron chi connectivity index (χ0n) is 18.1. The molecule has 0 radical (unpaired) electrons. The van der Waals surface area contributed by atoms with Gasteiger partial charge in [-0.3, -0.25) is 14.7 Å². The monoisotopic (exact) mass is 401 g/mol. The van der Waals surface area contributed by atoms with Crippen LogP contribution in [0.25, 0.3) is 0 Å². The fraction of sp³-hybridized carbons (Fsp3) is 0.636. The number of ether oxygens (including phenoxy) is 1. The van der Waals surface area contributed by atoms with Gasteiger partial charge in [0.15, 0.2) is 5.96 Å². The Bertz CT molecular complexity index is 701. The van der Waals surface area contributed by atoms with Crippen LogP contribution >= 0.6 is 0 Å².